The van der Waals surface area contributed by atoms with Crippen molar-refractivity contribution in [1.82, 2.24) is 9.80 Å². The summed E-state index contributed by atoms with van der Waals surface area (Å²) in [7, 11) is -0.484. The number of piperidine rings is 2. The number of amides is 2. The molecular formula is C33H45BFN3O4. The topological polar surface area (TPSA) is 62.3 Å². The minimum absolute atomic E-state index is 0.110. The number of likely N-dealkylation sites (tertiary alicyclic amines) is 2. The van der Waals surface area contributed by atoms with Crippen LogP contribution in [0.25, 0.3) is 0 Å². The van der Waals surface area contributed by atoms with E-state index in [1.54, 1.807) is 0 Å². The average molecular weight is 578 g/mol. The summed E-state index contributed by atoms with van der Waals surface area (Å²) in [4.78, 5) is 34.6. The van der Waals surface area contributed by atoms with E-state index in [0.717, 1.165) is 29.6 Å². The van der Waals surface area contributed by atoms with Crippen molar-refractivity contribution in [2.75, 3.05) is 31.1 Å². The standard InChI is InChI=1S/C33H45BFN3O4/c1-29(2)30(3,4)42-34(41-29)22-8-9-25-26(16-22)38(24-17-23(18-24)36-12-6-5-7-13-36)28(40)33(25)10-14-37(15-11-33)27(39)31-19-32(35,20-31)21-31/h8-9,16,23-24H,5-7,10-15,17-21H2,1-4H3/t23-,24+,31?,32?. The SMILES string of the molecule is CC1(C)OB(c2ccc3c(c2)N([C@H]2C[C@@H](N4CCCCC4)C2)C(=O)C32CCN(C(=O)C34CC(F)(C3)C4)CC2)OC1(C)C. The predicted molar refractivity (Wildman–Crippen MR) is 159 cm³/mol. The maximum atomic E-state index is 14.6. The Labute approximate surface area is 249 Å². The van der Waals surface area contributed by atoms with E-state index in [1.165, 1.54) is 32.4 Å². The minimum atomic E-state index is -1.09. The van der Waals surface area contributed by atoms with Crippen LogP contribution in [0.15, 0.2) is 18.2 Å². The van der Waals surface area contributed by atoms with Crippen molar-refractivity contribution < 1.29 is 23.3 Å². The van der Waals surface area contributed by atoms with Gasteiger partial charge in [-0.1, -0.05) is 18.6 Å². The van der Waals surface area contributed by atoms with Crippen molar-refractivity contribution in [1.29, 1.82) is 0 Å². The van der Waals surface area contributed by atoms with Gasteiger partial charge in [-0.15, -0.1) is 0 Å². The fourth-order valence-corrected chi connectivity index (χ4v) is 9.25. The number of hydrogen-bond donors (Lipinski definition) is 0. The number of carbonyl (C=O) groups is 2. The van der Waals surface area contributed by atoms with E-state index in [4.69, 9.17) is 9.31 Å². The largest absolute Gasteiger partial charge is 0.494 e. The van der Waals surface area contributed by atoms with Gasteiger partial charge in [-0.25, -0.2) is 4.39 Å². The Kier molecular flexibility index (Phi) is 5.79. The van der Waals surface area contributed by atoms with Crippen molar-refractivity contribution in [3.8, 4) is 0 Å². The van der Waals surface area contributed by atoms with E-state index in [2.05, 4.69) is 55.7 Å². The molecule has 4 aliphatic heterocycles. The van der Waals surface area contributed by atoms with Crippen molar-refractivity contribution >= 4 is 30.1 Å². The van der Waals surface area contributed by atoms with E-state index < -0.39 is 34.8 Å². The highest BCUT2D eigenvalue weighted by Crippen LogP contribution is 2.70. The fourth-order valence-electron chi connectivity index (χ4n) is 9.25. The van der Waals surface area contributed by atoms with Crippen LogP contribution < -0.4 is 10.4 Å². The van der Waals surface area contributed by atoms with E-state index >= 15 is 0 Å². The average Bonchev–Trinajstić information content (AvgIpc) is 3.26. The summed E-state index contributed by atoms with van der Waals surface area (Å²) >= 11 is 0. The van der Waals surface area contributed by atoms with Crippen molar-refractivity contribution in [3.05, 3.63) is 23.8 Å². The number of halogens is 1. The molecule has 0 atom stereocenters. The molecule has 1 aromatic carbocycles. The highest BCUT2D eigenvalue weighted by Gasteiger charge is 2.73. The van der Waals surface area contributed by atoms with Crippen LogP contribution >= 0.6 is 0 Å². The first-order valence-corrected chi connectivity index (χ1v) is 16.4. The first-order valence-electron chi connectivity index (χ1n) is 16.4. The Balaban J connectivity index is 1.07. The van der Waals surface area contributed by atoms with Crippen molar-refractivity contribution in [2.45, 2.75) is 126 Å². The smallest absolute Gasteiger partial charge is 0.399 e. The Morgan fingerprint density at radius 2 is 1.52 bits per heavy atom. The molecule has 2 amide bonds. The van der Waals surface area contributed by atoms with Gasteiger partial charge in [-0.3, -0.25) is 9.59 Å². The van der Waals surface area contributed by atoms with Gasteiger partial charge >= 0.3 is 7.12 Å². The van der Waals surface area contributed by atoms with Crippen molar-refractivity contribution in [3.63, 3.8) is 0 Å². The zero-order valence-electron chi connectivity index (χ0n) is 25.7. The monoisotopic (exact) mass is 577 g/mol. The number of fused-ring (bicyclic) bond motifs is 2. The molecular weight excluding hydrogens is 532 g/mol. The molecule has 42 heavy (non-hydrogen) atoms. The van der Waals surface area contributed by atoms with Crippen LogP contribution in [-0.2, 0) is 24.3 Å². The van der Waals surface area contributed by atoms with Crippen molar-refractivity contribution in [2.24, 2.45) is 5.41 Å². The Morgan fingerprint density at radius 1 is 0.905 bits per heavy atom. The molecule has 226 valence electrons. The third kappa shape index (κ3) is 3.74. The molecule has 9 rings (SSSR count). The molecule has 9 heteroatoms. The van der Waals surface area contributed by atoms with Crippen LogP contribution in [0.5, 0.6) is 0 Å². The summed E-state index contributed by atoms with van der Waals surface area (Å²) in [6.45, 7) is 11.7. The van der Waals surface area contributed by atoms with Gasteiger partial charge < -0.3 is 24.0 Å². The van der Waals surface area contributed by atoms with Crippen LogP contribution in [-0.4, -0.2) is 83.9 Å². The number of hydrogen-bond acceptors (Lipinski definition) is 5. The van der Waals surface area contributed by atoms with E-state index in [0.29, 0.717) is 51.2 Å². The lowest BCUT2D eigenvalue weighted by Gasteiger charge is -2.65. The van der Waals surface area contributed by atoms with Gasteiger partial charge in [0.15, 0.2) is 0 Å². The molecule has 7 fully saturated rings. The number of anilines is 1. The predicted octanol–water partition coefficient (Wildman–Crippen LogP) is 4.10. The first-order chi connectivity index (χ1) is 19.9. The maximum absolute atomic E-state index is 14.6. The van der Waals surface area contributed by atoms with E-state index in [9.17, 15) is 14.0 Å². The number of carbonyl (C=O) groups excluding carboxylic acids is 2. The van der Waals surface area contributed by atoms with E-state index in [1.807, 2.05) is 4.90 Å². The maximum Gasteiger partial charge on any atom is 0.494 e. The lowest BCUT2D eigenvalue weighted by Crippen LogP contribution is -2.71. The third-order valence-electron chi connectivity index (χ3n) is 12.6. The Hall–Kier alpha value is -1.97. The molecule has 0 aromatic heterocycles. The molecule has 0 radical (unpaired) electrons. The summed E-state index contributed by atoms with van der Waals surface area (Å²) in [5, 5.41) is 0. The van der Waals surface area contributed by atoms with Gasteiger partial charge in [0.25, 0.3) is 0 Å². The second-order valence-corrected chi connectivity index (χ2v) is 15.8. The molecule has 1 spiro atoms. The zero-order chi connectivity index (χ0) is 29.3. The van der Waals surface area contributed by atoms with Gasteiger partial charge in [0.05, 0.1) is 22.0 Å². The van der Waals surface area contributed by atoms with Crippen LogP contribution in [0.3, 0.4) is 0 Å². The summed E-state index contributed by atoms with van der Waals surface area (Å²) < 4.78 is 27.0. The first kappa shape index (κ1) is 27.6. The third-order valence-corrected chi connectivity index (χ3v) is 12.6. The number of benzene rings is 1. The van der Waals surface area contributed by atoms with Gasteiger partial charge in [0.2, 0.25) is 11.8 Å². The Morgan fingerprint density at radius 3 is 2.12 bits per heavy atom. The molecule has 4 aliphatic carbocycles. The van der Waals surface area contributed by atoms with Crippen LogP contribution in [0.2, 0.25) is 0 Å². The molecule has 0 unspecified atom stereocenters. The van der Waals surface area contributed by atoms with Gasteiger partial charge in [0.1, 0.15) is 5.67 Å². The Bertz CT molecular complexity index is 1290. The summed E-state index contributed by atoms with van der Waals surface area (Å²) in [5.41, 5.74) is 0.00733. The molecule has 8 aliphatic rings. The molecule has 4 heterocycles. The normalized spacial score (nSPS) is 37.7. The number of alkyl halides is 1. The molecule has 0 N–H and O–H groups in total. The fraction of sp³-hybridized carbons (Fsp3) is 0.758. The van der Waals surface area contributed by atoms with Gasteiger partial charge in [-0.05, 0) is 116 Å². The van der Waals surface area contributed by atoms with Crippen LogP contribution in [0, 0.1) is 5.41 Å². The van der Waals surface area contributed by atoms with Crippen LogP contribution in [0.1, 0.15) is 97.5 Å². The lowest BCUT2D eigenvalue weighted by atomic mass is 9.42. The zero-order valence-corrected chi connectivity index (χ0v) is 25.7. The molecule has 1 aromatic rings. The van der Waals surface area contributed by atoms with Gasteiger partial charge in [0, 0.05) is 30.9 Å². The summed E-state index contributed by atoms with van der Waals surface area (Å²) in [6.07, 6.45) is 8.30. The second kappa shape index (κ2) is 8.82. The molecule has 4 saturated carbocycles. The molecule has 3 saturated heterocycles. The molecule has 2 bridgehead atoms. The summed E-state index contributed by atoms with van der Waals surface area (Å²) in [5.74, 6) is 0.310. The molecule has 7 nitrogen and oxygen atoms in total. The highest BCUT2D eigenvalue weighted by atomic mass is 19.1. The minimum Gasteiger partial charge on any atom is -0.399 e. The highest BCUT2D eigenvalue weighted by molar-refractivity contribution is 6.62. The second-order valence-electron chi connectivity index (χ2n) is 15.8. The summed E-state index contributed by atoms with van der Waals surface area (Å²) in [6, 6.07) is 7.12. The van der Waals surface area contributed by atoms with Gasteiger partial charge in [-0.2, -0.15) is 0 Å². The van der Waals surface area contributed by atoms with Crippen LogP contribution in [0.4, 0.5) is 10.1 Å². The number of rotatable bonds is 4. The van der Waals surface area contributed by atoms with E-state index in [-0.39, 0.29) is 17.9 Å². The lowest BCUT2D eigenvalue weighted by molar-refractivity contribution is -0.222. The number of nitrogens with zero attached hydrogens (tertiary/aromatic N) is 3. The quantitative estimate of drug-likeness (QED) is 0.505.